The lowest BCUT2D eigenvalue weighted by Gasteiger charge is -1.79. The SMILES string of the molecule is CC.CN/C=C\C(=N)F. The molecule has 0 radical (unpaired) electrons. The lowest BCUT2D eigenvalue weighted by atomic mass is 10.6. The highest BCUT2D eigenvalue weighted by Gasteiger charge is 1.75. The van der Waals surface area contributed by atoms with Gasteiger partial charge in [-0.3, -0.25) is 5.41 Å². The van der Waals surface area contributed by atoms with Crippen LogP contribution in [0, 0.1) is 5.41 Å². The van der Waals surface area contributed by atoms with Gasteiger partial charge in [0.05, 0.1) is 0 Å². The summed E-state index contributed by atoms with van der Waals surface area (Å²) in [5.41, 5.74) is 0. The van der Waals surface area contributed by atoms with Gasteiger partial charge < -0.3 is 5.32 Å². The van der Waals surface area contributed by atoms with Crippen molar-refractivity contribution >= 4 is 5.97 Å². The molecule has 9 heavy (non-hydrogen) atoms. The molecule has 0 aromatic rings. The lowest BCUT2D eigenvalue weighted by molar-refractivity contribution is 0.802. The summed E-state index contributed by atoms with van der Waals surface area (Å²) in [5.74, 6) is -0.936. The minimum absolute atomic E-state index is 0.936. The van der Waals surface area contributed by atoms with Crippen LogP contribution in [0.15, 0.2) is 12.3 Å². The first-order chi connectivity index (χ1) is 4.27. The monoisotopic (exact) mass is 132 g/mol. The molecule has 0 heterocycles. The predicted molar refractivity (Wildman–Crippen MR) is 38.4 cm³/mol. The molecule has 0 fully saturated rings. The van der Waals surface area contributed by atoms with E-state index >= 15 is 0 Å². The summed E-state index contributed by atoms with van der Waals surface area (Å²) >= 11 is 0. The van der Waals surface area contributed by atoms with Crippen molar-refractivity contribution in [1.82, 2.24) is 5.32 Å². The van der Waals surface area contributed by atoms with Crippen molar-refractivity contribution in [3.05, 3.63) is 12.3 Å². The molecule has 0 aliphatic heterocycles. The van der Waals surface area contributed by atoms with Gasteiger partial charge in [-0.15, -0.1) is 0 Å². The van der Waals surface area contributed by atoms with Crippen molar-refractivity contribution in [1.29, 1.82) is 5.41 Å². The molecule has 0 aliphatic rings. The van der Waals surface area contributed by atoms with Crippen molar-refractivity contribution in [3.8, 4) is 0 Å². The molecule has 0 aromatic heterocycles. The highest BCUT2D eigenvalue weighted by Crippen LogP contribution is 1.72. The first kappa shape index (κ1) is 11.0. The van der Waals surface area contributed by atoms with E-state index < -0.39 is 5.97 Å². The molecule has 0 unspecified atom stereocenters. The molecule has 0 rings (SSSR count). The molecule has 0 spiro atoms. The quantitative estimate of drug-likeness (QED) is 0.551. The van der Waals surface area contributed by atoms with Gasteiger partial charge in [-0.2, -0.15) is 4.39 Å². The molecule has 0 saturated carbocycles. The van der Waals surface area contributed by atoms with Crippen LogP contribution in [0.4, 0.5) is 4.39 Å². The van der Waals surface area contributed by atoms with E-state index in [1.54, 1.807) is 7.05 Å². The van der Waals surface area contributed by atoms with Crippen LogP contribution in [0.2, 0.25) is 0 Å². The summed E-state index contributed by atoms with van der Waals surface area (Å²) in [5, 5.41) is 8.74. The summed E-state index contributed by atoms with van der Waals surface area (Å²) < 4.78 is 11.3. The van der Waals surface area contributed by atoms with Crippen molar-refractivity contribution in [3.63, 3.8) is 0 Å². The molecule has 0 saturated heterocycles. The van der Waals surface area contributed by atoms with E-state index in [2.05, 4.69) is 5.32 Å². The van der Waals surface area contributed by atoms with E-state index in [9.17, 15) is 4.39 Å². The molecule has 3 heteroatoms. The van der Waals surface area contributed by atoms with Gasteiger partial charge in [-0.1, -0.05) is 13.8 Å². The van der Waals surface area contributed by atoms with E-state index in [0.717, 1.165) is 6.08 Å². The van der Waals surface area contributed by atoms with Crippen molar-refractivity contribution in [2.75, 3.05) is 7.05 Å². The maximum Gasteiger partial charge on any atom is 0.206 e. The maximum atomic E-state index is 11.3. The Balaban J connectivity index is 0. The second kappa shape index (κ2) is 10.2. The van der Waals surface area contributed by atoms with Crippen molar-refractivity contribution in [2.45, 2.75) is 13.8 Å². The largest absolute Gasteiger partial charge is 0.394 e. The van der Waals surface area contributed by atoms with Gasteiger partial charge in [0.25, 0.3) is 0 Å². The standard InChI is InChI=1S/C4H7FN2.C2H6/c1-7-3-2-4(5)6;1-2/h2-3,6-7H,1H3;1-2H3/b3-2-,6-4?;. The number of halogens is 1. The predicted octanol–water partition coefficient (Wildman–Crippen LogP) is 1.69. The molecule has 2 N–H and O–H groups in total. The zero-order chi connectivity index (χ0) is 7.70. The fourth-order valence-corrected chi connectivity index (χ4v) is 0.156. The Morgan fingerprint density at radius 1 is 1.56 bits per heavy atom. The fourth-order valence-electron chi connectivity index (χ4n) is 0.156. The first-order valence-corrected chi connectivity index (χ1v) is 2.85. The maximum absolute atomic E-state index is 11.3. The summed E-state index contributed by atoms with van der Waals surface area (Å²) in [6.07, 6.45) is 2.38. The zero-order valence-corrected chi connectivity index (χ0v) is 6.03. The third-order valence-electron chi connectivity index (χ3n) is 0.396. The minimum Gasteiger partial charge on any atom is -0.394 e. The molecule has 0 atom stereocenters. The first-order valence-electron chi connectivity index (χ1n) is 2.85. The van der Waals surface area contributed by atoms with Crippen LogP contribution in [0.1, 0.15) is 13.8 Å². The minimum atomic E-state index is -0.936. The van der Waals surface area contributed by atoms with Gasteiger partial charge >= 0.3 is 0 Å². The highest BCUT2D eigenvalue weighted by molar-refractivity contribution is 5.83. The Hall–Kier alpha value is -0.860. The van der Waals surface area contributed by atoms with Crippen LogP contribution in [-0.2, 0) is 0 Å². The number of hydrogen-bond acceptors (Lipinski definition) is 2. The molecule has 54 valence electrons. The Morgan fingerprint density at radius 2 is 2.00 bits per heavy atom. The normalized spacial score (nSPS) is 8.00. The third-order valence-corrected chi connectivity index (χ3v) is 0.396. The summed E-state index contributed by atoms with van der Waals surface area (Å²) in [6, 6.07) is 0. The van der Waals surface area contributed by atoms with Crippen LogP contribution in [0.25, 0.3) is 0 Å². The van der Waals surface area contributed by atoms with E-state index in [1.165, 1.54) is 6.20 Å². The van der Waals surface area contributed by atoms with Gasteiger partial charge in [-0.25, -0.2) is 0 Å². The summed E-state index contributed by atoms with van der Waals surface area (Å²) in [7, 11) is 1.64. The molecular formula is C6H13FN2. The zero-order valence-electron chi connectivity index (χ0n) is 6.03. The van der Waals surface area contributed by atoms with Crippen molar-refractivity contribution < 1.29 is 4.39 Å². The number of nitrogens with one attached hydrogen (secondary N) is 2. The van der Waals surface area contributed by atoms with Gasteiger partial charge in [0, 0.05) is 19.3 Å². The van der Waals surface area contributed by atoms with E-state index in [1.807, 2.05) is 13.8 Å². The molecular weight excluding hydrogens is 119 g/mol. The molecule has 0 bridgehead atoms. The highest BCUT2D eigenvalue weighted by atomic mass is 19.1. The third kappa shape index (κ3) is 19.1. The van der Waals surface area contributed by atoms with Crippen molar-refractivity contribution in [2.24, 2.45) is 0 Å². The fraction of sp³-hybridized carbons (Fsp3) is 0.500. The van der Waals surface area contributed by atoms with Crippen LogP contribution in [0.5, 0.6) is 0 Å². The Kier molecular flexibility index (Phi) is 12.5. The van der Waals surface area contributed by atoms with Crippen LogP contribution < -0.4 is 5.32 Å². The average molecular weight is 132 g/mol. The topological polar surface area (TPSA) is 35.9 Å². The Morgan fingerprint density at radius 3 is 2.11 bits per heavy atom. The van der Waals surface area contributed by atoms with Crippen LogP contribution >= 0.6 is 0 Å². The Bertz CT molecular complexity index is 89.1. The molecule has 2 nitrogen and oxygen atoms in total. The average Bonchev–Trinajstić information content (AvgIpc) is 1.88. The van der Waals surface area contributed by atoms with Crippen LogP contribution in [0.3, 0.4) is 0 Å². The number of hydrogen-bond donors (Lipinski definition) is 2. The summed E-state index contributed by atoms with van der Waals surface area (Å²) in [6.45, 7) is 4.00. The Labute approximate surface area is 55.3 Å². The second-order valence-electron chi connectivity index (χ2n) is 0.970. The van der Waals surface area contributed by atoms with Gasteiger partial charge in [0.1, 0.15) is 0 Å². The lowest BCUT2D eigenvalue weighted by Crippen LogP contribution is -1.92. The van der Waals surface area contributed by atoms with E-state index in [0.29, 0.717) is 0 Å². The molecule has 0 aliphatic carbocycles. The molecule has 0 aromatic carbocycles. The molecule has 0 amide bonds. The smallest absolute Gasteiger partial charge is 0.206 e. The van der Waals surface area contributed by atoms with Gasteiger partial charge in [0.2, 0.25) is 5.97 Å². The van der Waals surface area contributed by atoms with E-state index in [4.69, 9.17) is 5.41 Å². The van der Waals surface area contributed by atoms with Gasteiger partial charge in [0.15, 0.2) is 0 Å². The number of allylic oxidation sites excluding steroid dienone is 1. The van der Waals surface area contributed by atoms with E-state index in [-0.39, 0.29) is 0 Å². The number of rotatable bonds is 2. The second-order valence-corrected chi connectivity index (χ2v) is 0.970. The summed E-state index contributed by atoms with van der Waals surface area (Å²) in [4.78, 5) is 0. The van der Waals surface area contributed by atoms with Gasteiger partial charge in [-0.05, 0) is 0 Å². The van der Waals surface area contributed by atoms with Crippen LogP contribution in [-0.4, -0.2) is 13.0 Å².